The maximum absolute atomic E-state index is 6.37. The normalized spacial score (nSPS) is 31.1. The molecule has 4 heteroatoms. The zero-order valence-electron chi connectivity index (χ0n) is 12.1. The lowest BCUT2D eigenvalue weighted by Crippen LogP contribution is -2.31. The molecule has 0 spiro atoms. The fraction of sp³-hybridized carbons (Fsp3) is 0.800. The van der Waals surface area contributed by atoms with E-state index in [0.717, 1.165) is 35.0 Å². The zero-order chi connectivity index (χ0) is 13.6. The van der Waals surface area contributed by atoms with Crippen LogP contribution in [0, 0.1) is 24.7 Å². The van der Waals surface area contributed by atoms with Gasteiger partial charge in [0.05, 0.1) is 5.69 Å². The van der Waals surface area contributed by atoms with E-state index in [9.17, 15) is 0 Å². The first kappa shape index (κ1) is 13.4. The van der Waals surface area contributed by atoms with E-state index in [1.807, 2.05) is 7.05 Å². The molecule has 0 amide bonds. The first-order valence-electron chi connectivity index (χ1n) is 7.48. The van der Waals surface area contributed by atoms with E-state index in [0.29, 0.717) is 6.04 Å². The van der Waals surface area contributed by atoms with Gasteiger partial charge in [-0.05, 0) is 51.0 Å². The summed E-state index contributed by atoms with van der Waals surface area (Å²) in [6.07, 6.45) is 6.76. The number of nitrogens with zero attached hydrogens (tertiary/aromatic N) is 2. The van der Waals surface area contributed by atoms with E-state index < -0.39 is 0 Å². The second kappa shape index (κ2) is 5.10. The van der Waals surface area contributed by atoms with Gasteiger partial charge in [-0.1, -0.05) is 24.4 Å². The molecule has 3 unspecified atom stereocenters. The van der Waals surface area contributed by atoms with Crippen LogP contribution in [0.1, 0.15) is 36.9 Å². The van der Waals surface area contributed by atoms with Gasteiger partial charge in [-0.15, -0.1) is 0 Å². The van der Waals surface area contributed by atoms with Gasteiger partial charge in [0.25, 0.3) is 0 Å². The van der Waals surface area contributed by atoms with Gasteiger partial charge in [-0.2, -0.15) is 5.10 Å². The average molecular weight is 282 g/mol. The molecule has 19 heavy (non-hydrogen) atoms. The van der Waals surface area contributed by atoms with Crippen LogP contribution < -0.4 is 5.32 Å². The van der Waals surface area contributed by atoms with Crippen LogP contribution in [0.4, 0.5) is 0 Å². The van der Waals surface area contributed by atoms with Gasteiger partial charge < -0.3 is 5.32 Å². The Morgan fingerprint density at radius 3 is 2.47 bits per heavy atom. The highest BCUT2D eigenvalue weighted by atomic mass is 35.5. The molecule has 3 rings (SSSR count). The highest BCUT2D eigenvalue weighted by Crippen LogP contribution is 2.57. The third-order valence-electron chi connectivity index (χ3n) is 5.25. The minimum Gasteiger partial charge on any atom is -0.316 e. The number of aryl methyl sites for hydroxylation is 2. The fourth-order valence-electron chi connectivity index (χ4n) is 4.20. The molecule has 3 atom stereocenters. The maximum atomic E-state index is 6.37. The molecule has 2 fully saturated rings. The van der Waals surface area contributed by atoms with Gasteiger partial charge in [0.15, 0.2) is 0 Å². The van der Waals surface area contributed by atoms with Gasteiger partial charge in [-0.3, -0.25) is 4.68 Å². The van der Waals surface area contributed by atoms with Crippen molar-refractivity contribution in [3.8, 4) is 0 Å². The van der Waals surface area contributed by atoms with Crippen LogP contribution in [0.3, 0.4) is 0 Å². The lowest BCUT2D eigenvalue weighted by atomic mass is 10.0. The van der Waals surface area contributed by atoms with Crippen LogP contribution in [0.15, 0.2) is 0 Å². The molecule has 1 aromatic heterocycles. The Balaban J connectivity index is 1.73. The Hall–Kier alpha value is -0.540. The summed E-state index contributed by atoms with van der Waals surface area (Å²) < 4.78 is 1.79. The van der Waals surface area contributed by atoms with E-state index in [1.54, 1.807) is 4.68 Å². The fourth-order valence-corrected chi connectivity index (χ4v) is 4.45. The Bertz CT molecular complexity index is 456. The van der Waals surface area contributed by atoms with Crippen molar-refractivity contribution in [2.75, 3.05) is 7.05 Å². The molecule has 0 radical (unpaired) electrons. The van der Waals surface area contributed by atoms with Crippen molar-refractivity contribution in [2.24, 2.45) is 24.8 Å². The number of nitrogens with one attached hydrogen (secondary N) is 1. The molecule has 1 heterocycles. The summed E-state index contributed by atoms with van der Waals surface area (Å²) in [6, 6.07) is 0.563. The molecule has 2 aliphatic rings. The summed E-state index contributed by atoms with van der Waals surface area (Å²) in [5, 5.41) is 8.77. The molecular formula is C15H24ClN3. The molecule has 106 valence electrons. The zero-order valence-corrected chi connectivity index (χ0v) is 12.9. The Morgan fingerprint density at radius 1 is 1.37 bits per heavy atom. The Kier molecular flexibility index (Phi) is 3.61. The summed E-state index contributed by atoms with van der Waals surface area (Å²) in [6.45, 7) is 2.06. The molecule has 3 nitrogen and oxygen atoms in total. The molecule has 0 aromatic carbocycles. The minimum atomic E-state index is 0.563. The summed E-state index contributed by atoms with van der Waals surface area (Å²) in [7, 11) is 4.01. The second-order valence-corrected chi connectivity index (χ2v) is 6.63. The average Bonchev–Trinajstić information content (AvgIpc) is 3.07. The van der Waals surface area contributed by atoms with Crippen LogP contribution in [0.2, 0.25) is 5.15 Å². The highest BCUT2D eigenvalue weighted by Gasteiger charge is 2.53. The number of rotatable bonds is 4. The minimum absolute atomic E-state index is 0.563. The summed E-state index contributed by atoms with van der Waals surface area (Å²) >= 11 is 6.37. The number of likely N-dealkylation sites (N-methyl/N-ethyl adjacent to an activating group) is 1. The number of halogens is 1. The van der Waals surface area contributed by atoms with Crippen molar-refractivity contribution >= 4 is 11.6 Å². The number of aromatic nitrogens is 2. The Labute approximate surface area is 120 Å². The third kappa shape index (κ3) is 2.31. The van der Waals surface area contributed by atoms with Crippen molar-refractivity contribution in [1.82, 2.24) is 15.1 Å². The van der Waals surface area contributed by atoms with Gasteiger partial charge >= 0.3 is 0 Å². The quantitative estimate of drug-likeness (QED) is 0.920. The number of fused-ring (bicyclic) bond motifs is 1. The van der Waals surface area contributed by atoms with Crippen molar-refractivity contribution < 1.29 is 0 Å². The van der Waals surface area contributed by atoms with E-state index in [1.165, 1.54) is 31.2 Å². The monoisotopic (exact) mass is 281 g/mol. The standard InChI is InChI=1S/C15H24ClN3/c1-9-12(15(16)19(3)18-9)8-13(17-2)14-10-6-4-5-7-11(10)14/h10-11,13-14,17H,4-8H2,1-3H3. The molecule has 1 N–H and O–H groups in total. The molecule has 1 aromatic rings. The van der Waals surface area contributed by atoms with Gasteiger partial charge in [0.1, 0.15) is 5.15 Å². The van der Waals surface area contributed by atoms with Crippen molar-refractivity contribution in [2.45, 2.75) is 45.1 Å². The lowest BCUT2D eigenvalue weighted by Gasteiger charge is -2.16. The molecule has 2 aliphatic carbocycles. The number of hydrogen-bond acceptors (Lipinski definition) is 2. The molecule has 0 saturated heterocycles. The highest BCUT2D eigenvalue weighted by molar-refractivity contribution is 6.30. The van der Waals surface area contributed by atoms with Crippen LogP contribution in [-0.2, 0) is 13.5 Å². The second-order valence-electron chi connectivity index (χ2n) is 6.27. The van der Waals surface area contributed by atoms with Crippen LogP contribution in [-0.4, -0.2) is 22.9 Å². The van der Waals surface area contributed by atoms with Crippen molar-refractivity contribution in [3.63, 3.8) is 0 Å². The van der Waals surface area contributed by atoms with Crippen molar-refractivity contribution in [3.05, 3.63) is 16.4 Å². The van der Waals surface area contributed by atoms with Gasteiger partial charge in [-0.25, -0.2) is 0 Å². The predicted octanol–water partition coefficient (Wildman–Crippen LogP) is 2.95. The topological polar surface area (TPSA) is 29.9 Å². The van der Waals surface area contributed by atoms with E-state index >= 15 is 0 Å². The first-order valence-corrected chi connectivity index (χ1v) is 7.86. The number of hydrogen-bond donors (Lipinski definition) is 1. The summed E-state index contributed by atoms with van der Waals surface area (Å²) in [5.74, 6) is 2.81. The lowest BCUT2D eigenvalue weighted by molar-refractivity contribution is 0.459. The van der Waals surface area contributed by atoms with E-state index in [-0.39, 0.29) is 0 Å². The first-order chi connectivity index (χ1) is 9.13. The molecule has 2 saturated carbocycles. The summed E-state index contributed by atoms with van der Waals surface area (Å²) in [4.78, 5) is 0. The SMILES string of the molecule is CNC(Cc1c(C)nn(C)c1Cl)C1C2CCCCC21. The van der Waals surface area contributed by atoms with Crippen LogP contribution in [0.25, 0.3) is 0 Å². The molecule has 0 bridgehead atoms. The van der Waals surface area contributed by atoms with Gasteiger partial charge in [0, 0.05) is 18.7 Å². The van der Waals surface area contributed by atoms with Crippen LogP contribution >= 0.6 is 11.6 Å². The van der Waals surface area contributed by atoms with Gasteiger partial charge in [0.2, 0.25) is 0 Å². The van der Waals surface area contributed by atoms with Crippen LogP contribution in [0.5, 0.6) is 0 Å². The molecular weight excluding hydrogens is 258 g/mol. The largest absolute Gasteiger partial charge is 0.316 e. The molecule has 0 aliphatic heterocycles. The predicted molar refractivity (Wildman–Crippen MR) is 78.4 cm³/mol. The van der Waals surface area contributed by atoms with E-state index in [2.05, 4.69) is 24.4 Å². The summed E-state index contributed by atoms with van der Waals surface area (Å²) in [5.41, 5.74) is 2.31. The van der Waals surface area contributed by atoms with E-state index in [4.69, 9.17) is 11.6 Å². The van der Waals surface area contributed by atoms with Crippen molar-refractivity contribution in [1.29, 1.82) is 0 Å². The maximum Gasteiger partial charge on any atom is 0.130 e. The Morgan fingerprint density at radius 2 is 2.00 bits per heavy atom. The third-order valence-corrected chi connectivity index (χ3v) is 5.72. The smallest absolute Gasteiger partial charge is 0.130 e.